The van der Waals surface area contributed by atoms with Gasteiger partial charge in [-0.3, -0.25) is 4.90 Å². The molecule has 3 aromatic carbocycles. The van der Waals surface area contributed by atoms with Crippen LogP contribution in [0.4, 0.5) is 5.69 Å². The molecular weight excluding hydrogens is 435 g/mol. The van der Waals surface area contributed by atoms with Crippen LogP contribution in [0.2, 0.25) is 0 Å². The Balaban J connectivity index is 1.52. The lowest BCUT2D eigenvalue weighted by Gasteiger charge is -2.38. The molecule has 2 aliphatic rings. The number of aryl methyl sites for hydroxylation is 1. The van der Waals surface area contributed by atoms with Gasteiger partial charge in [0, 0.05) is 37.9 Å². The van der Waals surface area contributed by atoms with Gasteiger partial charge in [-0.15, -0.1) is 0 Å². The second kappa shape index (κ2) is 9.90. The highest BCUT2D eigenvalue weighted by Crippen LogP contribution is 2.42. The maximum atomic E-state index is 10.3. The van der Waals surface area contributed by atoms with Gasteiger partial charge in [-0.1, -0.05) is 42.5 Å². The molecule has 6 heteroatoms. The van der Waals surface area contributed by atoms with Crippen LogP contribution in [0, 0.1) is 0 Å². The van der Waals surface area contributed by atoms with Gasteiger partial charge in [0.1, 0.15) is 5.75 Å². The van der Waals surface area contributed by atoms with E-state index in [0.29, 0.717) is 11.5 Å². The number of hydrogen-bond acceptors (Lipinski definition) is 5. The maximum Gasteiger partial charge on any atom is 0.488 e. The summed E-state index contributed by atoms with van der Waals surface area (Å²) in [5.74, 6) is 0.265. The minimum absolute atomic E-state index is 0.265. The van der Waals surface area contributed by atoms with Crippen molar-refractivity contribution in [3.63, 3.8) is 0 Å². The van der Waals surface area contributed by atoms with Crippen molar-refractivity contribution in [2.24, 2.45) is 0 Å². The first-order valence-corrected chi connectivity index (χ1v) is 12.5. The Hall–Kier alpha value is -3.06. The minimum Gasteiger partial charge on any atom is -0.508 e. The molecule has 1 aliphatic heterocycles. The molecule has 0 radical (unpaired) electrons. The van der Waals surface area contributed by atoms with Crippen LogP contribution in [-0.4, -0.2) is 59.4 Å². The lowest BCUT2D eigenvalue weighted by atomic mass is 9.77. The van der Waals surface area contributed by atoms with Gasteiger partial charge < -0.3 is 20.1 Å². The zero-order chi connectivity index (χ0) is 24.5. The van der Waals surface area contributed by atoms with E-state index in [4.69, 9.17) is 0 Å². The van der Waals surface area contributed by atoms with E-state index < -0.39 is 7.12 Å². The van der Waals surface area contributed by atoms with Crippen molar-refractivity contribution >= 4 is 29.4 Å². The Kier molecular flexibility index (Phi) is 6.70. The van der Waals surface area contributed by atoms with Crippen LogP contribution in [0.5, 0.6) is 5.75 Å². The number of piperazine rings is 1. The van der Waals surface area contributed by atoms with E-state index in [1.165, 1.54) is 16.8 Å². The predicted molar refractivity (Wildman–Crippen MR) is 144 cm³/mol. The summed E-state index contributed by atoms with van der Waals surface area (Å²) in [6.45, 7) is 8.75. The van der Waals surface area contributed by atoms with Crippen molar-refractivity contribution in [3.8, 4) is 5.75 Å². The topological polar surface area (TPSA) is 67.2 Å². The molecule has 5 nitrogen and oxygen atoms in total. The molecule has 180 valence electrons. The van der Waals surface area contributed by atoms with Gasteiger partial charge in [0.2, 0.25) is 0 Å². The number of nitrogens with zero attached hydrogens (tertiary/aromatic N) is 2. The number of anilines is 1. The molecule has 0 spiro atoms. The highest BCUT2D eigenvalue weighted by molar-refractivity contribution is 6.58. The zero-order valence-electron chi connectivity index (χ0n) is 20.5. The summed E-state index contributed by atoms with van der Waals surface area (Å²) >= 11 is 0. The number of allylic oxidation sites excluding steroid dienone is 1. The lowest BCUT2D eigenvalue weighted by molar-refractivity contribution is 0.209. The monoisotopic (exact) mass is 468 g/mol. The smallest absolute Gasteiger partial charge is 0.488 e. The number of benzene rings is 3. The fourth-order valence-corrected chi connectivity index (χ4v) is 5.37. The SMILES string of the molecule is CC(C)N1CCN(c2ccc(C3=C(c4ccc(B(O)O)cc4)CCc4ccc(O)cc43)cc2)CC1. The van der Waals surface area contributed by atoms with Crippen LogP contribution < -0.4 is 10.4 Å². The first kappa shape index (κ1) is 23.7. The largest absolute Gasteiger partial charge is 0.508 e. The molecule has 3 aromatic rings. The number of hydrogen-bond donors (Lipinski definition) is 3. The highest BCUT2D eigenvalue weighted by atomic mass is 16.4. The number of aromatic hydroxyl groups is 1. The Labute approximate surface area is 208 Å². The van der Waals surface area contributed by atoms with E-state index >= 15 is 0 Å². The normalized spacial score (nSPS) is 16.5. The Morgan fingerprint density at radius 2 is 1.43 bits per heavy atom. The quantitative estimate of drug-likeness (QED) is 0.501. The van der Waals surface area contributed by atoms with Crippen molar-refractivity contribution < 1.29 is 15.2 Å². The third-order valence-corrected chi connectivity index (χ3v) is 7.43. The lowest BCUT2D eigenvalue weighted by Crippen LogP contribution is -2.48. The second-order valence-electron chi connectivity index (χ2n) is 9.85. The molecule has 0 aromatic heterocycles. The summed E-state index contributed by atoms with van der Waals surface area (Å²) < 4.78 is 0. The van der Waals surface area contributed by atoms with Crippen molar-refractivity contribution in [1.29, 1.82) is 0 Å². The molecule has 35 heavy (non-hydrogen) atoms. The predicted octanol–water partition coefficient (Wildman–Crippen LogP) is 3.51. The Morgan fingerprint density at radius 1 is 0.771 bits per heavy atom. The Morgan fingerprint density at radius 3 is 2.06 bits per heavy atom. The molecular formula is C29H33BN2O3. The van der Waals surface area contributed by atoms with E-state index in [0.717, 1.165) is 61.3 Å². The van der Waals surface area contributed by atoms with E-state index in [9.17, 15) is 15.2 Å². The summed E-state index contributed by atoms with van der Waals surface area (Å²) in [4.78, 5) is 4.98. The number of fused-ring (bicyclic) bond motifs is 1. The van der Waals surface area contributed by atoms with Gasteiger partial charge >= 0.3 is 7.12 Å². The first-order chi connectivity index (χ1) is 16.9. The van der Waals surface area contributed by atoms with Crippen LogP contribution in [0.1, 0.15) is 42.5 Å². The average Bonchev–Trinajstić information content (AvgIpc) is 2.88. The van der Waals surface area contributed by atoms with Gasteiger partial charge in [-0.25, -0.2) is 0 Å². The van der Waals surface area contributed by atoms with Gasteiger partial charge in [-0.05, 0) is 89.8 Å². The number of rotatable bonds is 5. The van der Waals surface area contributed by atoms with Crippen LogP contribution in [-0.2, 0) is 6.42 Å². The third kappa shape index (κ3) is 4.87. The van der Waals surface area contributed by atoms with E-state index in [-0.39, 0.29) is 5.75 Å². The third-order valence-electron chi connectivity index (χ3n) is 7.43. The van der Waals surface area contributed by atoms with Crippen LogP contribution >= 0.6 is 0 Å². The van der Waals surface area contributed by atoms with E-state index in [1.54, 1.807) is 18.2 Å². The van der Waals surface area contributed by atoms with Crippen molar-refractivity contribution in [2.45, 2.75) is 32.7 Å². The Bertz CT molecular complexity index is 1210. The molecule has 0 amide bonds. The zero-order valence-corrected chi connectivity index (χ0v) is 20.5. The van der Waals surface area contributed by atoms with Gasteiger partial charge in [-0.2, -0.15) is 0 Å². The summed E-state index contributed by atoms with van der Waals surface area (Å²) in [6, 6.07) is 22.5. The van der Waals surface area contributed by atoms with Crippen molar-refractivity contribution in [3.05, 3.63) is 89.0 Å². The molecule has 0 saturated carbocycles. The molecule has 5 rings (SSSR count). The second-order valence-corrected chi connectivity index (χ2v) is 9.85. The molecule has 1 aliphatic carbocycles. The minimum atomic E-state index is -1.48. The summed E-state index contributed by atoms with van der Waals surface area (Å²) in [5.41, 5.74) is 8.55. The summed E-state index contributed by atoms with van der Waals surface area (Å²) in [6.07, 6.45) is 1.78. The van der Waals surface area contributed by atoms with Gasteiger partial charge in [0.05, 0.1) is 0 Å². The number of phenols is 1. The highest BCUT2D eigenvalue weighted by Gasteiger charge is 2.24. The molecule has 1 heterocycles. The van der Waals surface area contributed by atoms with Crippen LogP contribution in [0.3, 0.4) is 0 Å². The molecule has 1 saturated heterocycles. The average molecular weight is 468 g/mol. The van der Waals surface area contributed by atoms with Crippen LogP contribution in [0.15, 0.2) is 66.7 Å². The van der Waals surface area contributed by atoms with Crippen LogP contribution in [0.25, 0.3) is 11.1 Å². The fraction of sp³-hybridized carbons (Fsp3) is 0.310. The van der Waals surface area contributed by atoms with Gasteiger partial charge in [0.25, 0.3) is 0 Å². The van der Waals surface area contributed by atoms with Gasteiger partial charge in [0.15, 0.2) is 0 Å². The molecule has 1 fully saturated rings. The fourth-order valence-electron chi connectivity index (χ4n) is 5.37. The van der Waals surface area contributed by atoms with Crippen molar-refractivity contribution in [1.82, 2.24) is 4.90 Å². The summed E-state index contributed by atoms with van der Waals surface area (Å²) in [5, 5.41) is 29.3. The summed E-state index contributed by atoms with van der Waals surface area (Å²) in [7, 11) is -1.48. The maximum absolute atomic E-state index is 10.3. The molecule has 3 N–H and O–H groups in total. The standard InChI is InChI=1S/C29H33BN2O3/c1-20(2)31-15-17-32(18-16-31)25-11-5-23(6-12-25)29-27(21-3-9-24(10-4-21)30(34)35)14-8-22-7-13-26(33)19-28(22)29/h3-7,9-13,19-20,33-35H,8,14-18H2,1-2H3. The number of phenolic OH excluding ortho intramolecular Hbond substituents is 1. The molecule has 0 unspecified atom stereocenters. The van der Waals surface area contributed by atoms with Crippen molar-refractivity contribution in [2.75, 3.05) is 31.1 Å². The molecule has 0 atom stereocenters. The first-order valence-electron chi connectivity index (χ1n) is 12.5. The van der Waals surface area contributed by atoms with E-state index in [2.05, 4.69) is 47.9 Å². The molecule has 0 bridgehead atoms. The van der Waals surface area contributed by atoms with E-state index in [1.807, 2.05) is 24.3 Å².